The zero-order valence-electron chi connectivity index (χ0n) is 9.80. The minimum Gasteiger partial charge on any atom is -0.487 e. The first-order valence-corrected chi connectivity index (χ1v) is 7.81. The predicted octanol–water partition coefficient (Wildman–Crippen LogP) is 5.72. The van der Waals surface area contributed by atoms with Gasteiger partial charge >= 0.3 is 0 Å². The molecule has 0 unspecified atom stereocenters. The number of ether oxygens (including phenoxy) is 1. The van der Waals surface area contributed by atoms with Crippen LogP contribution < -0.4 is 4.74 Å². The van der Waals surface area contributed by atoms with Gasteiger partial charge in [-0.25, -0.2) is 4.39 Å². The fourth-order valence-electron chi connectivity index (χ4n) is 1.62. The van der Waals surface area contributed by atoms with E-state index in [0.29, 0.717) is 21.7 Å². The summed E-state index contributed by atoms with van der Waals surface area (Å²) in [6.45, 7) is 0.134. The van der Waals surface area contributed by atoms with E-state index in [-0.39, 0.29) is 12.4 Å². The first-order valence-electron chi connectivity index (χ1n) is 5.52. The van der Waals surface area contributed by atoms with Crippen LogP contribution in [0.25, 0.3) is 0 Å². The van der Waals surface area contributed by atoms with Gasteiger partial charge < -0.3 is 4.74 Å². The normalized spacial score (nSPS) is 10.5. The number of benzene rings is 2. The quantitative estimate of drug-likeness (QED) is 0.589. The first-order chi connectivity index (χ1) is 9.11. The summed E-state index contributed by atoms with van der Waals surface area (Å²) < 4.78 is 20.1. The van der Waals surface area contributed by atoms with Crippen molar-refractivity contribution in [3.63, 3.8) is 0 Å². The molecule has 0 radical (unpaired) electrons. The molecule has 5 heteroatoms. The molecule has 0 aliphatic carbocycles. The van der Waals surface area contributed by atoms with Crippen LogP contribution in [-0.4, -0.2) is 0 Å². The van der Waals surface area contributed by atoms with Crippen molar-refractivity contribution in [1.29, 1.82) is 0 Å². The van der Waals surface area contributed by atoms with E-state index in [1.54, 1.807) is 18.2 Å². The summed E-state index contributed by atoms with van der Waals surface area (Å²) in [4.78, 5) is 0. The SMILES string of the molecule is Fc1ccc(Br)cc1COc1c(Cl)cccc1CBr. The average Bonchev–Trinajstić information content (AvgIpc) is 2.40. The van der Waals surface area contributed by atoms with E-state index in [1.165, 1.54) is 6.07 Å². The summed E-state index contributed by atoms with van der Waals surface area (Å²) in [5.41, 5.74) is 1.41. The van der Waals surface area contributed by atoms with Crippen LogP contribution in [0.1, 0.15) is 11.1 Å². The van der Waals surface area contributed by atoms with Gasteiger partial charge in [0.25, 0.3) is 0 Å². The highest BCUT2D eigenvalue weighted by Gasteiger charge is 2.09. The van der Waals surface area contributed by atoms with Crippen LogP contribution in [0.3, 0.4) is 0 Å². The van der Waals surface area contributed by atoms with Crippen LogP contribution in [0.2, 0.25) is 5.02 Å². The van der Waals surface area contributed by atoms with Gasteiger partial charge in [-0.2, -0.15) is 0 Å². The lowest BCUT2D eigenvalue weighted by atomic mass is 10.2. The molecule has 1 nitrogen and oxygen atoms in total. The van der Waals surface area contributed by atoms with Gasteiger partial charge in [-0.15, -0.1) is 0 Å². The van der Waals surface area contributed by atoms with Gasteiger partial charge in [-0.3, -0.25) is 0 Å². The third kappa shape index (κ3) is 3.71. The monoisotopic (exact) mass is 406 g/mol. The average molecular weight is 408 g/mol. The molecule has 0 amide bonds. The topological polar surface area (TPSA) is 9.23 Å². The molecule has 0 heterocycles. The first kappa shape index (κ1) is 14.8. The Kier molecular flexibility index (Phi) is 5.25. The molecule has 0 N–H and O–H groups in total. The van der Waals surface area contributed by atoms with Gasteiger partial charge in [0.2, 0.25) is 0 Å². The van der Waals surface area contributed by atoms with Gasteiger partial charge in [-0.05, 0) is 24.3 Å². The van der Waals surface area contributed by atoms with Gasteiger partial charge in [0, 0.05) is 20.9 Å². The second kappa shape index (κ2) is 6.73. The van der Waals surface area contributed by atoms with Crippen LogP contribution >= 0.6 is 43.5 Å². The summed E-state index contributed by atoms with van der Waals surface area (Å²) in [5, 5.41) is 1.15. The molecule has 0 saturated carbocycles. The third-order valence-electron chi connectivity index (χ3n) is 2.57. The molecule has 19 heavy (non-hydrogen) atoms. The fourth-order valence-corrected chi connectivity index (χ4v) is 2.72. The van der Waals surface area contributed by atoms with Gasteiger partial charge in [0.1, 0.15) is 18.2 Å². The molecule has 0 aromatic heterocycles. The second-order valence-electron chi connectivity index (χ2n) is 3.89. The summed E-state index contributed by atoms with van der Waals surface area (Å²) in [6, 6.07) is 10.3. The molecular formula is C14H10Br2ClFO. The van der Waals surface area contributed by atoms with Crippen molar-refractivity contribution >= 4 is 43.5 Å². The van der Waals surface area contributed by atoms with Gasteiger partial charge in [0.05, 0.1) is 5.02 Å². The third-order valence-corrected chi connectivity index (χ3v) is 3.97. The minimum atomic E-state index is -0.296. The van der Waals surface area contributed by atoms with Crippen molar-refractivity contribution in [1.82, 2.24) is 0 Å². The van der Waals surface area contributed by atoms with Crippen LogP contribution in [0.15, 0.2) is 40.9 Å². The molecule has 0 bridgehead atoms. The van der Waals surface area contributed by atoms with Gasteiger partial charge in [-0.1, -0.05) is 55.6 Å². The molecule has 2 rings (SSSR count). The summed E-state index contributed by atoms with van der Waals surface area (Å²) in [5.74, 6) is 0.288. The number of halogens is 4. The maximum Gasteiger partial charge on any atom is 0.142 e. The Bertz CT molecular complexity index is 590. The van der Waals surface area contributed by atoms with E-state index in [1.807, 2.05) is 12.1 Å². The van der Waals surface area contributed by atoms with Crippen LogP contribution in [0, 0.1) is 5.82 Å². The molecule has 100 valence electrons. The number of para-hydroxylation sites is 1. The fraction of sp³-hybridized carbons (Fsp3) is 0.143. The van der Waals surface area contributed by atoms with Crippen molar-refractivity contribution in [3.8, 4) is 5.75 Å². The summed E-state index contributed by atoms with van der Waals surface area (Å²) in [6.07, 6.45) is 0. The Morgan fingerprint density at radius 1 is 1.16 bits per heavy atom. The number of alkyl halides is 1. The van der Waals surface area contributed by atoms with E-state index in [0.717, 1.165) is 10.0 Å². The maximum atomic E-state index is 13.6. The smallest absolute Gasteiger partial charge is 0.142 e. The Hall–Kier alpha value is -0.580. The van der Waals surface area contributed by atoms with E-state index >= 15 is 0 Å². The molecule has 0 aliphatic heterocycles. The molecule has 0 aliphatic rings. The Balaban J connectivity index is 2.21. The lowest BCUT2D eigenvalue weighted by Crippen LogP contribution is -2.01. The predicted molar refractivity (Wildman–Crippen MR) is 82.5 cm³/mol. The molecule has 0 saturated heterocycles. The molecule has 0 fully saturated rings. The van der Waals surface area contributed by atoms with Crippen molar-refractivity contribution in [2.75, 3.05) is 0 Å². The lowest BCUT2D eigenvalue weighted by molar-refractivity contribution is 0.298. The van der Waals surface area contributed by atoms with Crippen LogP contribution in [-0.2, 0) is 11.9 Å². The van der Waals surface area contributed by atoms with E-state index in [2.05, 4.69) is 31.9 Å². The zero-order valence-corrected chi connectivity index (χ0v) is 13.7. The van der Waals surface area contributed by atoms with Crippen LogP contribution in [0.4, 0.5) is 4.39 Å². The number of hydrogen-bond acceptors (Lipinski definition) is 1. The van der Waals surface area contributed by atoms with Crippen molar-refractivity contribution in [2.45, 2.75) is 11.9 Å². The second-order valence-corrected chi connectivity index (χ2v) is 5.77. The zero-order chi connectivity index (χ0) is 13.8. The Morgan fingerprint density at radius 3 is 2.68 bits per heavy atom. The van der Waals surface area contributed by atoms with E-state index in [4.69, 9.17) is 16.3 Å². The lowest BCUT2D eigenvalue weighted by Gasteiger charge is -2.12. The molecule has 0 atom stereocenters. The highest BCUT2D eigenvalue weighted by Crippen LogP contribution is 2.31. The van der Waals surface area contributed by atoms with Crippen molar-refractivity contribution < 1.29 is 9.13 Å². The van der Waals surface area contributed by atoms with Gasteiger partial charge in [0.15, 0.2) is 0 Å². The van der Waals surface area contributed by atoms with Crippen molar-refractivity contribution in [3.05, 3.63) is 62.8 Å². The minimum absolute atomic E-state index is 0.134. The van der Waals surface area contributed by atoms with Crippen LogP contribution in [0.5, 0.6) is 5.75 Å². The largest absolute Gasteiger partial charge is 0.487 e. The van der Waals surface area contributed by atoms with Crippen molar-refractivity contribution in [2.24, 2.45) is 0 Å². The summed E-state index contributed by atoms with van der Waals surface area (Å²) >= 11 is 12.8. The Labute approximate surface area is 133 Å². The standard InChI is InChI=1S/C14H10Br2ClFO/c15-7-9-2-1-3-12(17)14(9)19-8-10-6-11(16)4-5-13(10)18/h1-6H,7-8H2. The maximum absolute atomic E-state index is 13.6. The molecule has 2 aromatic rings. The summed E-state index contributed by atoms with van der Waals surface area (Å²) in [7, 11) is 0. The van der Waals surface area contributed by atoms with E-state index in [9.17, 15) is 4.39 Å². The van der Waals surface area contributed by atoms with E-state index < -0.39 is 0 Å². The highest BCUT2D eigenvalue weighted by molar-refractivity contribution is 9.10. The molecular weight excluding hydrogens is 398 g/mol. The Morgan fingerprint density at radius 2 is 1.95 bits per heavy atom. The number of rotatable bonds is 4. The molecule has 2 aromatic carbocycles. The molecule has 0 spiro atoms. The highest BCUT2D eigenvalue weighted by atomic mass is 79.9. The number of hydrogen-bond donors (Lipinski definition) is 0.